The minimum Gasteiger partial charge on any atom is -0.376 e. The molecule has 2 atom stereocenters. The molecule has 0 N–H and O–H groups in total. The first-order chi connectivity index (χ1) is 12.8. The lowest BCUT2D eigenvalue weighted by Crippen LogP contribution is -2.17. The molecule has 3 aromatic rings. The summed E-state index contributed by atoms with van der Waals surface area (Å²) in [6.07, 6.45) is 2.40. The van der Waals surface area contributed by atoms with Gasteiger partial charge in [0.15, 0.2) is 0 Å². The number of ether oxygens (including phenoxy) is 1. The van der Waals surface area contributed by atoms with Crippen LogP contribution in [0, 0.1) is 6.92 Å². The summed E-state index contributed by atoms with van der Waals surface area (Å²) < 4.78 is 7.63. The van der Waals surface area contributed by atoms with Crippen molar-refractivity contribution < 1.29 is 4.74 Å². The highest BCUT2D eigenvalue weighted by Gasteiger charge is 2.23. The second kappa shape index (κ2) is 8.01. The van der Waals surface area contributed by atoms with Gasteiger partial charge in [-0.3, -0.25) is 0 Å². The van der Waals surface area contributed by atoms with Crippen LogP contribution in [-0.2, 0) is 11.3 Å². The lowest BCUT2D eigenvalue weighted by atomic mass is 10.0. The Balaban J connectivity index is 1.64. The Labute approximate surface area is 157 Å². The zero-order valence-corrected chi connectivity index (χ0v) is 15.6. The van der Waals surface area contributed by atoms with E-state index in [0.29, 0.717) is 6.54 Å². The van der Waals surface area contributed by atoms with Gasteiger partial charge in [0.2, 0.25) is 5.16 Å². The molecule has 1 fully saturated rings. The number of rotatable bonds is 6. The number of benzene rings is 2. The number of aromatic nitrogens is 4. The van der Waals surface area contributed by atoms with Crippen molar-refractivity contribution in [3.05, 3.63) is 71.3 Å². The smallest absolute Gasteiger partial charge is 0.210 e. The summed E-state index contributed by atoms with van der Waals surface area (Å²) in [5, 5.41) is 13.4. The number of hydrogen-bond donors (Lipinski definition) is 0. The Morgan fingerprint density at radius 3 is 2.73 bits per heavy atom. The van der Waals surface area contributed by atoms with Gasteiger partial charge in [-0.25, -0.2) is 4.68 Å². The molecule has 4 rings (SSSR count). The quantitative estimate of drug-likeness (QED) is 0.616. The van der Waals surface area contributed by atoms with Gasteiger partial charge < -0.3 is 4.74 Å². The molecule has 1 aliphatic heterocycles. The number of tetrazole rings is 1. The van der Waals surface area contributed by atoms with Crippen LogP contribution in [0.5, 0.6) is 0 Å². The van der Waals surface area contributed by atoms with Crippen molar-refractivity contribution >= 4 is 11.8 Å². The van der Waals surface area contributed by atoms with E-state index in [2.05, 4.69) is 71.0 Å². The van der Waals surface area contributed by atoms with Gasteiger partial charge in [-0.05, 0) is 46.9 Å². The molecule has 0 aliphatic carbocycles. The average Bonchev–Trinajstić information content (AvgIpc) is 3.34. The second-order valence-corrected chi connectivity index (χ2v) is 7.62. The van der Waals surface area contributed by atoms with E-state index in [-0.39, 0.29) is 11.4 Å². The van der Waals surface area contributed by atoms with Crippen molar-refractivity contribution in [3.8, 4) is 0 Å². The van der Waals surface area contributed by atoms with E-state index < -0.39 is 0 Å². The molecular weight excluding hydrogens is 344 g/mol. The van der Waals surface area contributed by atoms with Gasteiger partial charge in [0.25, 0.3) is 0 Å². The number of hydrogen-bond acceptors (Lipinski definition) is 5. The Hall–Kier alpha value is -2.18. The molecule has 6 heteroatoms. The molecule has 0 spiro atoms. The maximum atomic E-state index is 5.75. The van der Waals surface area contributed by atoms with Crippen molar-refractivity contribution in [1.82, 2.24) is 20.2 Å². The zero-order chi connectivity index (χ0) is 17.8. The van der Waals surface area contributed by atoms with E-state index >= 15 is 0 Å². The summed E-state index contributed by atoms with van der Waals surface area (Å²) in [6.45, 7) is 3.71. The highest BCUT2D eigenvalue weighted by Crippen LogP contribution is 2.40. The third kappa shape index (κ3) is 3.81. The van der Waals surface area contributed by atoms with Crippen LogP contribution in [0.4, 0.5) is 0 Å². The fourth-order valence-electron chi connectivity index (χ4n) is 3.30. The van der Waals surface area contributed by atoms with E-state index in [1.54, 1.807) is 11.8 Å². The van der Waals surface area contributed by atoms with Gasteiger partial charge in [0.1, 0.15) is 0 Å². The van der Waals surface area contributed by atoms with Gasteiger partial charge in [0.05, 0.1) is 17.9 Å². The first-order valence-corrected chi connectivity index (χ1v) is 9.84. The van der Waals surface area contributed by atoms with Crippen molar-refractivity contribution in [2.75, 3.05) is 6.61 Å². The zero-order valence-electron chi connectivity index (χ0n) is 14.8. The Morgan fingerprint density at radius 1 is 1.15 bits per heavy atom. The molecular formula is C20H22N4OS. The predicted molar refractivity (Wildman–Crippen MR) is 102 cm³/mol. The fourth-order valence-corrected chi connectivity index (χ4v) is 4.51. The van der Waals surface area contributed by atoms with Gasteiger partial charge in [-0.1, -0.05) is 66.4 Å². The molecule has 5 nitrogen and oxygen atoms in total. The summed E-state index contributed by atoms with van der Waals surface area (Å²) in [7, 11) is 0. The van der Waals surface area contributed by atoms with Gasteiger partial charge in [0, 0.05) is 6.61 Å². The maximum Gasteiger partial charge on any atom is 0.210 e. The van der Waals surface area contributed by atoms with E-state index in [1.807, 2.05) is 10.7 Å². The highest BCUT2D eigenvalue weighted by atomic mass is 32.2. The number of nitrogens with zero attached hydrogens (tertiary/aromatic N) is 4. The molecule has 26 heavy (non-hydrogen) atoms. The topological polar surface area (TPSA) is 52.8 Å². The van der Waals surface area contributed by atoms with Crippen LogP contribution in [0.25, 0.3) is 0 Å². The SMILES string of the molecule is Cc1ccccc1[C@@H](Sc1nnnn1C[C@H]1CCCO1)c1ccccc1. The largest absolute Gasteiger partial charge is 0.376 e. The van der Waals surface area contributed by atoms with E-state index in [9.17, 15) is 0 Å². The van der Waals surface area contributed by atoms with E-state index in [1.165, 1.54) is 16.7 Å². The summed E-state index contributed by atoms with van der Waals surface area (Å²) in [6, 6.07) is 19.0. The van der Waals surface area contributed by atoms with Crippen LogP contribution in [-0.4, -0.2) is 32.9 Å². The molecule has 1 aromatic heterocycles. The minimum absolute atomic E-state index is 0.145. The standard InChI is InChI=1S/C20H22N4OS/c1-15-8-5-6-12-18(15)19(16-9-3-2-4-10-16)26-20-21-22-23-24(20)14-17-11-7-13-25-17/h2-6,8-10,12,17,19H,7,11,13-14H2,1H3/t17-,19+/m1/s1. The lowest BCUT2D eigenvalue weighted by molar-refractivity contribution is 0.0911. The van der Waals surface area contributed by atoms with E-state index in [4.69, 9.17) is 4.74 Å². The number of thioether (sulfide) groups is 1. The summed E-state index contributed by atoms with van der Waals surface area (Å²) in [5.74, 6) is 0. The molecule has 134 valence electrons. The van der Waals surface area contributed by atoms with Crippen LogP contribution >= 0.6 is 11.8 Å². The Bertz CT molecular complexity index is 846. The van der Waals surface area contributed by atoms with Crippen molar-refractivity contribution in [2.45, 2.75) is 42.8 Å². The Morgan fingerprint density at radius 2 is 1.96 bits per heavy atom. The first-order valence-electron chi connectivity index (χ1n) is 8.96. The molecule has 0 radical (unpaired) electrons. The molecule has 0 amide bonds. The molecule has 0 unspecified atom stereocenters. The van der Waals surface area contributed by atoms with Crippen molar-refractivity contribution in [3.63, 3.8) is 0 Å². The summed E-state index contributed by atoms with van der Waals surface area (Å²) in [4.78, 5) is 0. The lowest BCUT2D eigenvalue weighted by Gasteiger charge is -2.19. The van der Waals surface area contributed by atoms with Crippen LogP contribution in [0.1, 0.15) is 34.8 Å². The third-order valence-corrected chi connectivity index (χ3v) is 5.96. The average molecular weight is 366 g/mol. The maximum absolute atomic E-state index is 5.75. The van der Waals surface area contributed by atoms with Crippen LogP contribution in [0.15, 0.2) is 59.8 Å². The van der Waals surface area contributed by atoms with Crippen LogP contribution in [0.2, 0.25) is 0 Å². The Kier molecular flexibility index (Phi) is 5.32. The molecule has 0 bridgehead atoms. The van der Waals surface area contributed by atoms with Crippen LogP contribution in [0.3, 0.4) is 0 Å². The molecule has 0 saturated carbocycles. The van der Waals surface area contributed by atoms with Gasteiger partial charge in [-0.15, -0.1) is 5.10 Å². The van der Waals surface area contributed by atoms with Gasteiger partial charge >= 0.3 is 0 Å². The molecule has 1 aliphatic rings. The highest BCUT2D eigenvalue weighted by molar-refractivity contribution is 7.99. The summed E-state index contributed by atoms with van der Waals surface area (Å²) in [5.41, 5.74) is 3.81. The van der Waals surface area contributed by atoms with Crippen molar-refractivity contribution in [1.29, 1.82) is 0 Å². The monoisotopic (exact) mass is 366 g/mol. The van der Waals surface area contributed by atoms with E-state index in [0.717, 1.165) is 24.6 Å². The fraction of sp³-hybridized carbons (Fsp3) is 0.350. The molecule has 2 aromatic carbocycles. The molecule has 2 heterocycles. The van der Waals surface area contributed by atoms with Gasteiger partial charge in [-0.2, -0.15) is 0 Å². The van der Waals surface area contributed by atoms with Crippen molar-refractivity contribution in [2.24, 2.45) is 0 Å². The summed E-state index contributed by atoms with van der Waals surface area (Å²) >= 11 is 1.70. The first kappa shape index (κ1) is 17.2. The normalized spacial score (nSPS) is 18.1. The minimum atomic E-state index is 0.145. The predicted octanol–water partition coefficient (Wildman–Crippen LogP) is 4.04. The molecule has 1 saturated heterocycles. The van der Waals surface area contributed by atoms with Crippen LogP contribution < -0.4 is 0 Å². The third-order valence-electron chi connectivity index (χ3n) is 4.70. The second-order valence-electron chi connectivity index (χ2n) is 6.54. The number of aryl methyl sites for hydroxylation is 1.